The van der Waals surface area contributed by atoms with Crippen molar-refractivity contribution in [2.75, 3.05) is 11.8 Å². The summed E-state index contributed by atoms with van der Waals surface area (Å²) in [6.07, 6.45) is 0.557. The molecule has 2 rings (SSSR count). The maximum absolute atomic E-state index is 13.5. The molecule has 0 aliphatic heterocycles. The lowest BCUT2D eigenvalue weighted by atomic mass is 9.78. The summed E-state index contributed by atoms with van der Waals surface area (Å²) in [5, 5.41) is 0. The predicted molar refractivity (Wildman–Crippen MR) is 95.1 cm³/mol. The highest BCUT2D eigenvalue weighted by atomic mass is 79.9. The van der Waals surface area contributed by atoms with Crippen molar-refractivity contribution >= 4 is 55.1 Å². The molecule has 0 unspecified atom stereocenters. The fourth-order valence-corrected chi connectivity index (χ4v) is 4.16. The maximum atomic E-state index is 13.5. The van der Waals surface area contributed by atoms with E-state index >= 15 is 0 Å². The van der Waals surface area contributed by atoms with Gasteiger partial charge >= 0.3 is 0 Å². The van der Waals surface area contributed by atoms with Crippen LogP contribution in [0.1, 0.15) is 11.1 Å². The molecule has 2 aromatic rings. The van der Waals surface area contributed by atoms with Gasteiger partial charge in [-0.15, -0.1) is 23.2 Å². The van der Waals surface area contributed by atoms with Crippen molar-refractivity contribution < 1.29 is 4.39 Å². The molecule has 0 aliphatic carbocycles. The number of benzene rings is 2. The second kappa shape index (κ2) is 7.45. The highest BCUT2D eigenvalue weighted by molar-refractivity contribution is 9.10. The van der Waals surface area contributed by atoms with Crippen LogP contribution in [-0.4, -0.2) is 11.8 Å². The molecule has 0 bridgehead atoms. The van der Waals surface area contributed by atoms with Gasteiger partial charge < -0.3 is 0 Å². The van der Waals surface area contributed by atoms with Crippen LogP contribution in [0, 0.1) is 5.82 Å². The van der Waals surface area contributed by atoms with Crippen molar-refractivity contribution in [2.24, 2.45) is 0 Å². The van der Waals surface area contributed by atoms with Crippen LogP contribution in [0.4, 0.5) is 4.39 Å². The SMILES string of the molecule is Fc1ccc(Br)c(CC(CCl)(CCl)c2ccccc2Br)c1. The second-order valence-electron chi connectivity index (χ2n) is 4.94. The number of hydrogen-bond donors (Lipinski definition) is 0. The van der Waals surface area contributed by atoms with Gasteiger partial charge in [0.2, 0.25) is 0 Å². The van der Waals surface area contributed by atoms with Crippen LogP contribution >= 0.6 is 55.1 Å². The molecule has 112 valence electrons. The number of hydrogen-bond acceptors (Lipinski definition) is 0. The van der Waals surface area contributed by atoms with Crippen molar-refractivity contribution in [2.45, 2.75) is 11.8 Å². The third-order valence-corrected chi connectivity index (χ3v) is 5.98. The smallest absolute Gasteiger partial charge is 0.123 e. The molecule has 0 heterocycles. The van der Waals surface area contributed by atoms with Crippen LogP contribution in [0.5, 0.6) is 0 Å². The molecular weight excluding hydrogens is 442 g/mol. The summed E-state index contributed by atoms with van der Waals surface area (Å²) >= 11 is 19.5. The number of halogens is 5. The Morgan fingerprint density at radius 3 is 2.24 bits per heavy atom. The van der Waals surface area contributed by atoms with Gasteiger partial charge in [0.25, 0.3) is 0 Å². The minimum Gasteiger partial charge on any atom is -0.207 e. The average molecular weight is 455 g/mol. The van der Waals surface area contributed by atoms with Crippen molar-refractivity contribution in [1.29, 1.82) is 0 Å². The Morgan fingerprint density at radius 2 is 1.62 bits per heavy atom. The summed E-state index contributed by atoms with van der Waals surface area (Å²) in [5.41, 5.74) is 1.43. The van der Waals surface area contributed by atoms with Gasteiger partial charge in [0.15, 0.2) is 0 Å². The number of rotatable bonds is 5. The molecule has 0 saturated carbocycles. The van der Waals surface area contributed by atoms with E-state index in [4.69, 9.17) is 23.2 Å². The van der Waals surface area contributed by atoms with E-state index in [1.165, 1.54) is 12.1 Å². The highest BCUT2D eigenvalue weighted by Crippen LogP contribution is 2.37. The van der Waals surface area contributed by atoms with Crippen LogP contribution in [0.15, 0.2) is 51.4 Å². The molecule has 0 spiro atoms. The van der Waals surface area contributed by atoms with Crippen molar-refractivity contribution in [1.82, 2.24) is 0 Å². The van der Waals surface area contributed by atoms with Gasteiger partial charge in [-0.2, -0.15) is 0 Å². The standard InChI is InChI=1S/C16H13Br2Cl2F/c17-14-6-5-12(21)7-11(14)8-16(9-19,10-20)13-3-1-2-4-15(13)18/h1-7H,8-10H2. The van der Waals surface area contributed by atoms with Gasteiger partial charge in [-0.1, -0.05) is 50.1 Å². The third kappa shape index (κ3) is 3.82. The van der Waals surface area contributed by atoms with Crippen molar-refractivity contribution in [3.8, 4) is 0 Å². The Hall–Kier alpha value is -0.0900. The molecule has 0 aromatic heterocycles. The zero-order valence-electron chi connectivity index (χ0n) is 11.1. The Morgan fingerprint density at radius 1 is 0.952 bits per heavy atom. The lowest BCUT2D eigenvalue weighted by molar-refractivity contribution is 0.529. The first kappa shape index (κ1) is 17.3. The van der Waals surface area contributed by atoms with E-state index in [2.05, 4.69) is 31.9 Å². The van der Waals surface area contributed by atoms with E-state index in [0.717, 1.165) is 20.1 Å². The molecule has 0 nitrogen and oxygen atoms in total. The minimum absolute atomic E-state index is 0.265. The summed E-state index contributed by atoms with van der Waals surface area (Å²) < 4.78 is 15.3. The summed E-state index contributed by atoms with van der Waals surface area (Å²) in [5.74, 6) is 0.433. The summed E-state index contributed by atoms with van der Waals surface area (Å²) in [7, 11) is 0. The normalized spacial score (nSPS) is 11.7. The molecule has 0 saturated heterocycles. The van der Waals surface area contributed by atoms with Gasteiger partial charge in [-0.05, 0) is 41.8 Å². The lowest BCUT2D eigenvalue weighted by Gasteiger charge is -2.31. The van der Waals surface area contributed by atoms with Gasteiger partial charge in [-0.3, -0.25) is 0 Å². The lowest BCUT2D eigenvalue weighted by Crippen LogP contribution is -2.34. The number of alkyl halides is 2. The summed E-state index contributed by atoms with van der Waals surface area (Å²) in [6, 6.07) is 12.5. The van der Waals surface area contributed by atoms with Gasteiger partial charge in [0, 0.05) is 26.1 Å². The largest absolute Gasteiger partial charge is 0.207 e. The van der Waals surface area contributed by atoms with Crippen molar-refractivity contribution in [3.63, 3.8) is 0 Å². The topological polar surface area (TPSA) is 0 Å². The van der Waals surface area contributed by atoms with Gasteiger partial charge in [0.1, 0.15) is 5.82 Å². The van der Waals surface area contributed by atoms with E-state index in [0.29, 0.717) is 18.2 Å². The van der Waals surface area contributed by atoms with E-state index in [1.54, 1.807) is 6.07 Å². The molecule has 0 amide bonds. The van der Waals surface area contributed by atoms with Crippen LogP contribution in [0.3, 0.4) is 0 Å². The molecule has 0 aliphatic rings. The monoisotopic (exact) mass is 452 g/mol. The second-order valence-corrected chi connectivity index (χ2v) is 7.18. The van der Waals surface area contributed by atoms with E-state index < -0.39 is 5.41 Å². The first-order valence-electron chi connectivity index (χ1n) is 6.33. The quantitative estimate of drug-likeness (QED) is 0.464. The van der Waals surface area contributed by atoms with Crippen LogP contribution in [0.25, 0.3) is 0 Å². The van der Waals surface area contributed by atoms with E-state index in [1.807, 2.05) is 24.3 Å². The first-order chi connectivity index (χ1) is 10.0. The first-order valence-corrected chi connectivity index (χ1v) is 8.99. The fraction of sp³-hybridized carbons (Fsp3) is 0.250. The summed E-state index contributed by atoms with van der Waals surface area (Å²) in [4.78, 5) is 0. The highest BCUT2D eigenvalue weighted by Gasteiger charge is 2.33. The molecule has 5 heteroatoms. The van der Waals surface area contributed by atoms with Crippen molar-refractivity contribution in [3.05, 3.63) is 68.4 Å². The molecule has 0 N–H and O–H groups in total. The van der Waals surface area contributed by atoms with Gasteiger partial charge in [-0.25, -0.2) is 4.39 Å². The zero-order valence-corrected chi connectivity index (χ0v) is 15.7. The Kier molecular flexibility index (Phi) is 6.13. The third-order valence-electron chi connectivity index (χ3n) is 3.49. The van der Waals surface area contributed by atoms with E-state index in [-0.39, 0.29) is 5.82 Å². The summed E-state index contributed by atoms with van der Waals surface area (Å²) in [6.45, 7) is 0. The van der Waals surface area contributed by atoms with Crippen LogP contribution < -0.4 is 0 Å². The van der Waals surface area contributed by atoms with Crippen LogP contribution in [0.2, 0.25) is 0 Å². The van der Waals surface area contributed by atoms with E-state index in [9.17, 15) is 4.39 Å². The molecule has 21 heavy (non-hydrogen) atoms. The van der Waals surface area contributed by atoms with Crippen LogP contribution in [-0.2, 0) is 11.8 Å². The molecular formula is C16H13Br2Cl2F. The van der Waals surface area contributed by atoms with Gasteiger partial charge in [0.05, 0.1) is 0 Å². The molecule has 0 radical (unpaired) electrons. The molecule has 0 fully saturated rings. The Labute approximate surface area is 150 Å². The molecule has 2 aromatic carbocycles. The Balaban J connectivity index is 2.48. The zero-order chi connectivity index (χ0) is 15.5. The molecule has 0 atom stereocenters. The fourth-order valence-electron chi connectivity index (χ4n) is 2.30. The average Bonchev–Trinajstić information content (AvgIpc) is 2.49. The minimum atomic E-state index is -0.459. The predicted octanol–water partition coefficient (Wildman–Crippen LogP) is 6.31. The maximum Gasteiger partial charge on any atom is 0.123 e. The Bertz CT molecular complexity index is 627.